The van der Waals surface area contributed by atoms with Crippen molar-refractivity contribution in [2.24, 2.45) is 0 Å². The van der Waals surface area contributed by atoms with Crippen LogP contribution in [0.25, 0.3) is 28.0 Å². The van der Waals surface area contributed by atoms with Gasteiger partial charge in [-0.1, -0.05) is 24.3 Å². The van der Waals surface area contributed by atoms with Crippen molar-refractivity contribution in [3.8, 4) is 28.1 Å². The van der Waals surface area contributed by atoms with Crippen molar-refractivity contribution in [2.75, 3.05) is 31.2 Å². The van der Waals surface area contributed by atoms with Crippen LogP contribution in [0.2, 0.25) is 0 Å². The number of nitrogens with zero attached hydrogens (tertiary/aromatic N) is 4. The number of rotatable bonds is 4. The number of anilines is 1. The number of ether oxygens (including phenoxy) is 4. The Hall–Kier alpha value is -4.28. The first-order valence-electron chi connectivity index (χ1n) is 16.3. The highest BCUT2D eigenvalue weighted by Gasteiger charge is 2.39. The van der Waals surface area contributed by atoms with Crippen LogP contribution in [0.3, 0.4) is 0 Å². The SMILES string of the molecule is CCOC(=O)[C@@H](OC(C)(C)C)c1c(C)nc2cc3nn2c1N1CCC(C)(CC1)OC/C=C/[C@H]1Oc2ccc(F)cc2-c2cccc-3c21. The third-order valence-corrected chi connectivity index (χ3v) is 9.15. The monoisotopic (exact) mass is 640 g/mol. The van der Waals surface area contributed by atoms with Crippen LogP contribution in [0, 0.1) is 12.7 Å². The Kier molecular flexibility index (Phi) is 7.83. The molecule has 4 aromatic rings. The maximum Gasteiger partial charge on any atom is 0.340 e. The lowest BCUT2D eigenvalue weighted by molar-refractivity contribution is -0.166. The molecule has 4 bridgehead atoms. The Morgan fingerprint density at radius 3 is 2.64 bits per heavy atom. The maximum absolute atomic E-state index is 14.5. The molecule has 0 N–H and O–H groups in total. The lowest BCUT2D eigenvalue weighted by Gasteiger charge is -2.41. The minimum Gasteiger partial charge on any atom is -0.481 e. The van der Waals surface area contributed by atoms with E-state index in [1.54, 1.807) is 13.0 Å². The van der Waals surface area contributed by atoms with Gasteiger partial charge >= 0.3 is 5.97 Å². The van der Waals surface area contributed by atoms with Gasteiger partial charge in [0.2, 0.25) is 0 Å². The maximum atomic E-state index is 14.5. The van der Waals surface area contributed by atoms with E-state index in [0.717, 1.165) is 35.3 Å². The van der Waals surface area contributed by atoms with Gasteiger partial charge in [-0.05, 0) is 84.2 Å². The van der Waals surface area contributed by atoms with Crippen LogP contribution in [0.15, 0.2) is 54.6 Å². The highest BCUT2D eigenvalue weighted by molar-refractivity contribution is 5.84. The molecular formula is C37H41FN4O5. The van der Waals surface area contributed by atoms with Crippen molar-refractivity contribution in [1.82, 2.24) is 14.6 Å². The zero-order valence-electron chi connectivity index (χ0n) is 27.8. The van der Waals surface area contributed by atoms with Crippen LogP contribution >= 0.6 is 0 Å². The van der Waals surface area contributed by atoms with E-state index in [9.17, 15) is 9.18 Å². The number of esters is 1. The average Bonchev–Trinajstić information content (AvgIpc) is 3.44. The number of hydrogen-bond donors (Lipinski definition) is 0. The first-order valence-corrected chi connectivity index (χ1v) is 16.3. The summed E-state index contributed by atoms with van der Waals surface area (Å²) in [6.07, 6.45) is 4.09. The van der Waals surface area contributed by atoms with Crippen LogP contribution in [0.4, 0.5) is 10.2 Å². The minimum atomic E-state index is -1.01. The number of aryl methyl sites for hydroxylation is 1. The smallest absolute Gasteiger partial charge is 0.340 e. The fourth-order valence-corrected chi connectivity index (χ4v) is 6.89. The molecule has 0 aliphatic carbocycles. The van der Waals surface area contributed by atoms with Crippen LogP contribution < -0.4 is 9.64 Å². The summed E-state index contributed by atoms with van der Waals surface area (Å²) >= 11 is 0. The topological polar surface area (TPSA) is 87.4 Å². The highest BCUT2D eigenvalue weighted by Crippen LogP contribution is 2.47. The lowest BCUT2D eigenvalue weighted by atomic mass is 9.87. The molecule has 9 nitrogen and oxygen atoms in total. The molecule has 0 spiro atoms. The van der Waals surface area contributed by atoms with Gasteiger partial charge in [-0.15, -0.1) is 0 Å². The number of fused-ring (bicyclic) bond motifs is 6. The van der Waals surface area contributed by atoms with E-state index in [-0.39, 0.29) is 18.0 Å². The molecule has 0 unspecified atom stereocenters. The van der Waals surface area contributed by atoms with E-state index in [1.807, 2.05) is 68.6 Å². The quantitative estimate of drug-likeness (QED) is 0.170. The highest BCUT2D eigenvalue weighted by atomic mass is 19.1. The zero-order chi connectivity index (χ0) is 33.1. The van der Waals surface area contributed by atoms with Crippen molar-refractivity contribution >= 4 is 17.4 Å². The fourth-order valence-electron chi connectivity index (χ4n) is 6.89. The fraction of sp³-hybridized carbons (Fsp3) is 0.432. The van der Waals surface area contributed by atoms with E-state index in [1.165, 1.54) is 12.1 Å². The van der Waals surface area contributed by atoms with Gasteiger partial charge in [0.05, 0.1) is 35.7 Å². The lowest BCUT2D eigenvalue weighted by Crippen LogP contribution is -2.45. The van der Waals surface area contributed by atoms with Crippen molar-refractivity contribution in [2.45, 2.75) is 77.8 Å². The van der Waals surface area contributed by atoms with Crippen LogP contribution in [0.5, 0.6) is 5.75 Å². The van der Waals surface area contributed by atoms with Crippen molar-refractivity contribution < 1.29 is 28.1 Å². The predicted molar refractivity (Wildman–Crippen MR) is 177 cm³/mol. The summed E-state index contributed by atoms with van der Waals surface area (Å²) in [5.74, 6) is 0.568. The molecule has 0 saturated carbocycles. The summed E-state index contributed by atoms with van der Waals surface area (Å²) in [6, 6.07) is 12.5. The van der Waals surface area contributed by atoms with E-state index >= 15 is 0 Å². The van der Waals surface area contributed by atoms with Gasteiger partial charge in [0.1, 0.15) is 23.5 Å². The van der Waals surface area contributed by atoms with Gasteiger partial charge in [-0.2, -0.15) is 9.61 Å². The third kappa shape index (κ3) is 5.78. The molecule has 2 aromatic carbocycles. The van der Waals surface area contributed by atoms with Crippen LogP contribution in [-0.4, -0.2) is 58.1 Å². The number of benzene rings is 2. The molecular weight excluding hydrogens is 599 g/mol. The summed E-state index contributed by atoms with van der Waals surface area (Å²) in [5, 5.41) is 5.19. The molecule has 6 heterocycles. The van der Waals surface area contributed by atoms with E-state index < -0.39 is 23.8 Å². The molecule has 2 atom stereocenters. The molecule has 4 aliphatic rings. The Bertz CT molecular complexity index is 1890. The Morgan fingerprint density at radius 1 is 1.13 bits per heavy atom. The van der Waals surface area contributed by atoms with Crippen molar-refractivity contribution in [3.63, 3.8) is 0 Å². The van der Waals surface area contributed by atoms with E-state index in [4.69, 9.17) is 29.0 Å². The minimum absolute atomic E-state index is 0.224. The van der Waals surface area contributed by atoms with Gasteiger partial charge in [0, 0.05) is 41.5 Å². The second kappa shape index (κ2) is 11.8. The second-order valence-electron chi connectivity index (χ2n) is 13.7. The normalized spacial score (nSPS) is 21.8. The van der Waals surface area contributed by atoms with Gasteiger partial charge in [-0.3, -0.25) is 0 Å². The zero-order valence-corrected chi connectivity index (χ0v) is 27.8. The Morgan fingerprint density at radius 2 is 1.89 bits per heavy atom. The summed E-state index contributed by atoms with van der Waals surface area (Å²) < 4.78 is 41.4. The number of hydrogen-bond acceptors (Lipinski definition) is 8. The molecule has 4 aliphatic heterocycles. The second-order valence-corrected chi connectivity index (χ2v) is 13.7. The van der Waals surface area contributed by atoms with Crippen LogP contribution in [-0.2, 0) is 19.0 Å². The molecule has 1 saturated heterocycles. The largest absolute Gasteiger partial charge is 0.481 e. The Balaban J connectivity index is 1.50. The molecule has 47 heavy (non-hydrogen) atoms. The van der Waals surface area contributed by atoms with Gasteiger partial charge in [0.15, 0.2) is 11.8 Å². The van der Waals surface area contributed by atoms with Crippen LogP contribution in [0.1, 0.15) is 76.5 Å². The molecule has 0 radical (unpaired) electrons. The molecule has 8 rings (SSSR count). The van der Waals surface area contributed by atoms with Gasteiger partial charge in [-0.25, -0.2) is 14.2 Å². The Labute approximate surface area is 274 Å². The number of piperidine rings is 1. The number of carbonyl (C=O) groups is 1. The summed E-state index contributed by atoms with van der Waals surface area (Å²) in [4.78, 5) is 20.9. The summed E-state index contributed by atoms with van der Waals surface area (Å²) in [5.41, 5.74) is 4.93. The molecule has 0 amide bonds. The third-order valence-electron chi connectivity index (χ3n) is 9.15. The van der Waals surface area contributed by atoms with E-state index in [2.05, 4.69) is 11.8 Å². The van der Waals surface area contributed by atoms with Crippen molar-refractivity contribution in [1.29, 1.82) is 0 Å². The van der Waals surface area contributed by atoms with Crippen molar-refractivity contribution in [3.05, 3.63) is 77.3 Å². The predicted octanol–water partition coefficient (Wildman–Crippen LogP) is 7.31. The average molecular weight is 641 g/mol. The number of aromatic nitrogens is 3. The summed E-state index contributed by atoms with van der Waals surface area (Å²) in [7, 11) is 0. The molecule has 10 heteroatoms. The first-order chi connectivity index (χ1) is 22.4. The summed E-state index contributed by atoms with van der Waals surface area (Å²) in [6.45, 7) is 13.6. The molecule has 1 fully saturated rings. The molecule has 246 valence electrons. The standard InChI is InChI=1S/C37H41FN4O5/c1-7-44-35(43)33(47-36(3,4)5)31-22(2)39-30-21-27-25-11-8-10-24-26-20-23(38)13-14-28(26)46-29(32(24)25)12-9-19-45-37(6)15-17-41(18-16-37)34(31)42(30)40-27/h8-14,20-21,29,33H,7,15-19H2,1-6H3/b12-9+/t29-,33+/m1/s1. The van der Waals surface area contributed by atoms with E-state index in [0.29, 0.717) is 53.6 Å². The van der Waals surface area contributed by atoms with Gasteiger partial charge < -0.3 is 23.8 Å². The number of carbonyl (C=O) groups excluding carboxylic acids is 1. The van der Waals surface area contributed by atoms with Gasteiger partial charge in [0.25, 0.3) is 0 Å². The number of halogens is 1. The molecule has 2 aromatic heterocycles. The first kappa shape index (κ1) is 31.3.